The number of nitrogens with two attached hydrogens (primary N) is 1. The van der Waals surface area contributed by atoms with Crippen LogP contribution in [0.5, 0.6) is 5.75 Å². The zero-order chi connectivity index (χ0) is 14.4. The molecule has 0 aliphatic carbocycles. The van der Waals surface area contributed by atoms with Crippen LogP contribution in [0.4, 0.5) is 5.13 Å². The van der Waals surface area contributed by atoms with Gasteiger partial charge in [-0.3, -0.25) is 0 Å². The Balaban J connectivity index is 1.91. The third-order valence-electron chi connectivity index (χ3n) is 3.03. The first-order chi connectivity index (χ1) is 9.71. The molecule has 108 valence electrons. The van der Waals surface area contributed by atoms with Gasteiger partial charge in [0.25, 0.3) is 0 Å². The summed E-state index contributed by atoms with van der Waals surface area (Å²) in [6.45, 7) is 2.80. The standard InChI is InChI=1S/C14H20N4OS/c1-3-11(15)9-16-14-17-13(18-20-14)8-10-4-6-12(19-2)7-5-10/h4-7,11H,3,8-9,15H2,1-2H3,(H,16,17,18). The Bertz CT molecular complexity index is 526. The van der Waals surface area contributed by atoms with E-state index in [0.29, 0.717) is 0 Å². The van der Waals surface area contributed by atoms with Crippen LogP contribution in [0, 0.1) is 0 Å². The van der Waals surface area contributed by atoms with Crippen molar-refractivity contribution < 1.29 is 4.74 Å². The van der Waals surface area contributed by atoms with E-state index in [1.165, 1.54) is 17.1 Å². The Morgan fingerprint density at radius 3 is 2.75 bits per heavy atom. The minimum Gasteiger partial charge on any atom is -0.497 e. The molecule has 0 spiro atoms. The van der Waals surface area contributed by atoms with Crippen LogP contribution in [-0.4, -0.2) is 29.1 Å². The highest BCUT2D eigenvalue weighted by molar-refractivity contribution is 7.09. The van der Waals surface area contributed by atoms with Crippen molar-refractivity contribution >= 4 is 16.7 Å². The molecule has 5 nitrogen and oxygen atoms in total. The van der Waals surface area contributed by atoms with E-state index in [-0.39, 0.29) is 6.04 Å². The molecule has 0 aliphatic rings. The molecular weight excluding hydrogens is 272 g/mol. The lowest BCUT2D eigenvalue weighted by Crippen LogP contribution is -2.27. The minimum absolute atomic E-state index is 0.156. The third kappa shape index (κ3) is 4.18. The summed E-state index contributed by atoms with van der Waals surface area (Å²) in [5.74, 6) is 1.68. The van der Waals surface area contributed by atoms with Crippen molar-refractivity contribution in [3.63, 3.8) is 0 Å². The van der Waals surface area contributed by atoms with E-state index in [9.17, 15) is 0 Å². The fourth-order valence-corrected chi connectivity index (χ4v) is 2.28. The maximum absolute atomic E-state index is 5.86. The van der Waals surface area contributed by atoms with Gasteiger partial charge in [0.2, 0.25) is 5.13 Å². The SMILES string of the molecule is CCC(N)CNc1nc(Cc2ccc(OC)cc2)ns1. The maximum atomic E-state index is 5.86. The number of ether oxygens (including phenoxy) is 1. The topological polar surface area (TPSA) is 73.1 Å². The van der Waals surface area contributed by atoms with E-state index >= 15 is 0 Å². The van der Waals surface area contributed by atoms with E-state index in [1.54, 1.807) is 7.11 Å². The van der Waals surface area contributed by atoms with Gasteiger partial charge >= 0.3 is 0 Å². The van der Waals surface area contributed by atoms with Gasteiger partial charge in [-0.15, -0.1) is 0 Å². The van der Waals surface area contributed by atoms with Crippen LogP contribution in [0.1, 0.15) is 24.7 Å². The first-order valence-electron chi connectivity index (χ1n) is 6.66. The third-order valence-corrected chi connectivity index (χ3v) is 3.74. The Kier molecular flexibility index (Phi) is 5.31. The maximum Gasteiger partial charge on any atom is 0.202 e. The van der Waals surface area contributed by atoms with Crippen LogP contribution < -0.4 is 15.8 Å². The van der Waals surface area contributed by atoms with Crippen molar-refractivity contribution in [3.05, 3.63) is 35.7 Å². The number of hydrogen-bond acceptors (Lipinski definition) is 6. The van der Waals surface area contributed by atoms with E-state index < -0.39 is 0 Å². The number of anilines is 1. The predicted molar refractivity (Wildman–Crippen MR) is 82.5 cm³/mol. The normalized spacial score (nSPS) is 12.2. The fraction of sp³-hybridized carbons (Fsp3) is 0.429. The van der Waals surface area contributed by atoms with Crippen LogP contribution in [-0.2, 0) is 6.42 Å². The second kappa shape index (κ2) is 7.21. The zero-order valence-electron chi connectivity index (χ0n) is 11.8. The van der Waals surface area contributed by atoms with Gasteiger partial charge < -0.3 is 15.8 Å². The van der Waals surface area contributed by atoms with E-state index in [4.69, 9.17) is 10.5 Å². The number of rotatable bonds is 7. The number of benzene rings is 1. The highest BCUT2D eigenvalue weighted by Crippen LogP contribution is 2.16. The molecule has 0 saturated carbocycles. The molecule has 3 N–H and O–H groups in total. The number of nitrogens with zero attached hydrogens (tertiary/aromatic N) is 2. The van der Waals surface area contributed by atoms with Gasteiger partial charge in [-0.1, -0.05) is 19.1 Å². The monoisotopic (exact) mass is 292 g/mol. The summed E-state index contributed by atoms with van der Waals surface area (Å²) in [6.07, 6.45) is 1.67. The average Bonchev–Trinajstić information content (AvgIpc) is 2.93. The van der Waals surface area contributed by atoms with E-state index in [1.807, 2.05) is 24.3 Å². The molecule has 20 heavy (non-hydrogen) atoms. The number of methoxy groups -OCH3 is 1. The molecule has 1 aromatic carbocycles. The molecule has 1 atom stereocenters. The van der Waals surface area contributed by atoms with Gasteiger partial charge in [0.05, 0.1) is 7.11 Å². The number of aromatic nitrogens is 2. The summed E-state index contributed by atoms with van der Waals surface area (Å²) >= 11 is 1.38. The van der Waals surface area contributed by atoms with Crippen molar-refractivity contribution in [2.24, 2.45) is 5.73 Å². The van der Waals surface area contributed by atoms with Crippen LogP contribution in [0.3, 0.4) is 0 Å². The van der Waals surface area contributed by atoms with Gasteiger partial charge in [-0.25, -0.2) is 4.98 Å². The van der Waals surface area contributed by atoms with Crippen molar-refractivity contribution in [1.29, 1.82) is 0 Å². The molecule has 2 aromatic rings. The quantitative estimate of drug-likeness (QED) is 0.819. The summed E-state index contributed by atoms with van der Waals surface area (Å²) in [6, 6.07) is 8.10. The number of hydrogen-bond donors (Lipinski definition) is 2. The molecule has 0 amide bonds. The lowest BCUT2D eigenvalue weighted by atomic mass is 10.1. The fourth-order valence-electron chi connectivity index (χ4n) is 1.69. The van der Waals surface area contributed by atoms with Crippen LogP contribution in [0.15, 0.2) is 24.3 Å². The Morgan fingerprint density at radius 2 is 2.10 bits per heavy atom. The molecule has 0 saturated heterocycles. The smallest absolute Gasteiger partial charge is 0.202 e. The van der Waals surface area contributed by atoms with Gasteiger partial charge in [0, 0.05) is 30.5 Å². The first kappa shape index (κ1) is 14.7. The van der Waals surface area contributed by atoms with E-state index in [0.717, 1.165) is 36.1 Å². The van der Waals surface area contributed by atoms with Gasteiger partial charge in [-0.2, -0.15) is 4.37 Å². The Labute approximate surface area is 123 Å². The average molecular weight is 292 g/mol. The lowest BCUT2D eigenvalue weighted by molar-refractivity contribution is 0.414. The van der Waals surface area contributed by atoms with Crippen molar-refractivity contribution in [3.8, 4) is 5.75 Å². The molecule has 1 aromatic heterocycles. The second-order valence-electron chi connectivity index (χ2n) is 4.59. The summed E-state index contributed by atoms with van der Waals surface area (Å²) in [5.41, 5.74) is 7.03. The van der Waals surface area contributed by atoms with Gasteiger partial charge in [-0.05, 0) is 24.1 Å². The molecule has 6 heteroatoms. The van der Waals surface area contributed by atoms with E-state index in [2.05, 4.69) is 21.6 Å². The molecule has 0 radical (unpaired) electrons. The predicted octanol–water partition coefficient (Wildman–Crippen LogP) is 2.29. The summed E-state index contributed by atoms with van der Waals surface area (Å²) in [7, 11) is 1.66. The molecule has 0 fully saturated rings. The summed E-state index contributed by atoms with van der Waals surface area (Å²) in [5, 5.41) is 4.05. The first-order valence-corrected chi connectivity index (χ1v) is 7.43. The number of nitrogens with one attached hydrogen (secondary N) is 1. The molecule has 1 unspecified atom stereocenters. The Hall–Kier alpha value is -1.66. The molecule has 1 heterocycles. The van der Waals surface area contributed by atoms with Crippen molar-refractivity contribution in [2.75, 3.05) is 19.0 Å². The van der Waals surface area contributed by atoms with Crippen LogP contribution >= 0.6 is 11.5 Å². The molecule has 2 rings (SSSR count). The van der Waals surface area contributed by atoms with Crippen LogP contribution in [0.25, 0.3) is 0 Å². The molecular formula is C14H20N4OS. The molecule has 0 aliphatic heterocycles. The van der Waals surface area contributed by atoms with Crippen LogP contribution in [0.2, 0.25) is 0 Å². The van der Waals surface area contributed by atoms with Crippen molar-refractivity contribution in [1.82, 2.24) is 9.36 Å². The summed E-state index contributed by atoms with van der Waals surface area (Å²) in [4.78, 5) is 4.46. The highest BCUT2D eigenvalue weighted by Gasteiger charge is 2.06. The van der Waals surface area contributed by atoms with Gasteiger partial charge in [0.15, 0.2) is 0 Å². The largest absolute Gasteiger partial charge is 0.497 e. The lowest BCUT2D eigenvalue weighted by Gasteiger charge is -2.07. The Morgan fingerprint density at radius 1 is 1.35 bits per heavy atom. The van der Waals surface area contributed by atoms with Gasteiger partial charge in [0.1, 0.15) is 11.6 Å². The molecule has 0 bridgehead atoms. The summed E-state index contributed by atoms with van der Waals surface area (Å²) < 4.78 is 9.49. The minimum atomic E-state index is 0.156. The zero-order valence-corrected chi connectivity index (χ0v) is 12.6. The highest BCUT2D eigenvalue weighted by atomic mass is 32.1. The second-order valence-corrected chi connectivity index (χ2v) is 5.34. The van der Waals surface area contributed by atoms with Crippen molar-refractivity contribution in [2.45, 2.75) is 25.8 Å².